The molecule has 100 valence electrons. The number of aromatic nitrogens is 2. The Morgan fingerprint density at radius 3 is 2.67 bits per heavy atom. The number of aliphatic carboxylic acids is 1. The van der Waals surface area contributed by atoms with E-state index in [1.54, 1.807) is 0 Å². The van der Waals surface area contributed by atoms with Crippen LogP contribution in [0, 0.1) is 11.8 Å². The second-order valence-electron chi connectivity index (χ2n) is 4.86. The maximum atomic E-state index is 11.0. The molecule has 1 aliphatic rings. The lowest BCUT2D eigenvalue weighted by Crippen LogP contribution is -2.34. The fraction of sp³-hybridized carbons (Fsp3) is 0.692. The number of halogens is 1. The molecule has 2 atom stereocenters. The molecule has 1 saturated carbocycles. The first-order chi connectivity index (χ1) is 8.58. The SMILES string of the molecule is CCc1nn(CC)c(CC2CCC2C(=O)O)c1Br. The number of hydrogen-bond acceptors (Lipinski definition) is 2. The summed E-state index contributed by atoms with van der Waals surface area (Å²) in [7, 11) is 0. The van der Waals surface area contributed by atoms with Gasteiger partial charge >= 0.3 is 5.97 Å². The van der Waals surface area contributed by atoms with Crippen LogP contribution in [0.5, 0.6) is 0 Å². The second-order valence-corrected chi connectivity index (χ2v) is 5.66. The molecule has 0 bridgehead atoms. The average Bonchev–Trinajstić information content (AvgIpc) is 2.60. The Morgan fingerprint density at radius 1 is 1.50 bits per heavy atom. The molecule has 1 aliphatic carbocycles. The second kappa shape index (κ2) is 5.43. The van der Waals surface area contributed by atoms with Crippen molar-refractivity contribution in [1.82, 2.24) is 9.78 Å². The lowest BCUT2D eigenvalue weighted by atomic mass is 9.71. The molecule has 1 aromatic heterocycles. The van der Waals surface area contributed by atoms with Crippen LogP contribution in [0.4, 0.5) is 0 Å². The summed E-state index contributed by atoms with van der Waals surface area (Å²) < 4.78 is 3.07. The highest BCUT2D eigenvalue weighted by molar-refractivity contribution is 9.10. The molecule has 1 fully saturated rings. The van der Waals surface area contributed by atoms with E-state index in [1.807, 2.05) is 4.68 Å². The Labute approximate surface area is 116 Å². The number of nitrogens with zero attached hydrogens (tertiary/aromatic N) is 2. The van der Waals surface area contributed by atoms with E-state index >= 15 is 0 Å². The molecule has 1 N–H and O–H groups in total. The molecule has 2 rings (SSSR count). The largest absolute Gasteiger partial charge is 0.481 e. The zero-order chi connectivity index (χ0) is 13.3. The highest BCUT2D eigenvalue weighted by Crippen LogP contribution is 2.38. The Morgan fingerprint density at radius 2 is 2.22 bits per heavy atom. The normalized spacial score (nSPS) is 22.8. The van der Waals surface area contributed by atoms with E-state index in [4.69, 9.17) is 5.11 Å². The zero-order valence-corrected chi connectivity index (χ0v) is 12.4. The molecule has 0 radical (unpaired) electrons. The van der Waals surface area contributed by atoms with Crippen molar-refractivity contribution in [2.45, 2.75) is 46.1 Å². The standard InChI is InChI=1S/C13H19BrN2O2/c1-3-10-12(14)11(16(4-2)15-10)7-8-5-6-9(8)13(17)18/h8-9H,3-7H2,1-2H3,(H,17,18). The minimum atomic E-state index is -0.652. The van der Waals surface area contributed by atoms with Gasteiger partial charge in [0.1, 0.15) is 0 Å². The third-order valence-corrected chi connectivity index (χ3v) is 4.80. The van der Waals surface area contributed by atoms with E-state index in [-0.39, 0.29) is 11.8 Å². The number of aryl methyl sites for hydroxylation is 2. The lowest BCUT2D eigenvalue weighted by Gasteiger charge is -2.33. The van der Waals surface area contributed by atoms with E-state index in [1.165, 1.54) is 0 Å². The van der Waals surface area contributed by atoms with Crippen LogP contribution >= 0.6 is 15.9 Å². The molecule has 18 heavy (non-hydrogen) atoms. The molecule has 0 aliphatic heterocycles. The summed E-state index contributed by atoms with van der Waals surface area (Å²) in [4.78, 5) is 11.0. The summed E-state index contributed by atoms with van der Waals surface area (Å²) in [5, 5.41) is 13.6. The first-order valence-corrected chi connectivity index (χ1v) is 7.34. The van der Waals surface area contributed by atoms with Crippen LogP contribution in [0.25, 0.3) is 0 Å². The Hall–Kier alpha value is -0.840. The van der Waals surface area contributed by atoms with Crippen LogP contribution in [-0.2, 0) is 24.2 Å². The summed E-state index contributed by atoms with van der Waals surface area (Å²) in [6.45, 7) is 4.98. The first-order valence-electron chi connectivity index (χ1n) is 6.55. The van der Waals surface area contributed by atoms with E-state index in [0.717, 1.165) is 48.1 Å². The summed E-state index contributed by atoms with van der Waals surface area (Å²) in [5.74, 6) is -0.548. The monoisotopic (exact) mass is 314 g/mol. The third-order valence-electron chi connectivity index (χ3n) is 3.88. The fourth-order valence-electron chi connectivity index (χ4n) is 2.60. The zero-order valence-electron chi connectivity index (χ0n) is 10.8. The molecule has 4 nitrogen and oxygen atoms in total. The highest BCUT2D eigenvalue weighted by Gasteiger charge is 2.37. The minimum absolute atomic E-state index is 0.165. The number of carboxylic acids is 1. The van der Waals surface area contributed by atoms with Gasteiger partial charge in [-0.05, 0) is 54.5 Å². The highest BCUT2D eigenvalue weighted by atomic mass is 79.9. The molecule has 0 saturated heterocycles. The van der Waals surface area contributed by atoms with E-state index in [0.29, 0.717) is 0 Å². The maximum absolute atomic E-state index is 11.0. The van der Waals surface area contributed by atoms with Crippen molar-refractivity contribution < 1.29 is 9.90 Å². The van der Waals surface area contributed by atoms with Crippen molar-refractivity contribution in [3.05, 3.63) is 15.9 Å². The quantitative estimate of drug-likeness (QED) is 0.909. The van der Waals surface area contributed by atoms with Crippen LogP contribution in [0.1, 0.15) is 38.1 Å². The van der Waals surface area contributed by atoms with E-state index < -0.39 is 5.97 Å². The molecule has 0 aromatic carbocycles. The fourth-order valence-corrected chi connectivity index (χ4v) is 3.33. The number of carbonyl (C=O) groups is 1. The molecule has 5 heteroatoms. The third kappa shape index (κ3) is 2.32. The van der Waals surface area contributed by atoms with Gasteiger partial charge in [0.25, 0.3) is 0 Å². The van der Waals surface area contributed by atoms with Gasteiger partial charge in [0.15, 0.2) is 0 Å². The van der Waals surface area contributed by atoms with Gasteiger partial charge in [-0.2, -0.15) is 5.10 Å². The van der Waals surface area contributed by atoms with Gasteiger partial charge in [0, 0.05) is 6.54 Å². The molecule has 0 spiro atoms. The molecule has 1 heterocycles. The van der Waals surface area contributed by atoms with Gasteiger partial charge in [-0.3, -0.25) is 9.48 Å². The molecule has 0 amide bonds. The molecular weight excluding hydrogens is 296 g/mol. The average molecular weight is 315 g/mol. The van der Waals surface area contributed by atoms with Crippen molar-refractivity contribution in [3.8, 4) is 0 Å². The summed E-state index contributed by atoms with van der Waals surface area (Å²) >= 11 is 3.61. The summed E-state index contributed by atoms with van der Waals surface area (Å²) in [6.07, 6.45) is 3.55. The molecule has 1 aromatic rings. The predicted molar refractivity (Wildman–Crippen MR) is 72.5 cm³/mol. The van der Waals surface area contributed by atoms with Gasteiger partial charge in [-0.1, -0.05) is 6.92 Å². The smallest absolute Gasteiger partial charge is 0.306 e. The van der Waals surface area contributed by atoms with Crippen molar-refractivity contribution >= 4 is 21.9 Å². The first kappa shape index (κ1) is 13.6. The van der Waals surface area contributed by atoms with Crippen molar-refractivity contribution in [2.75, 3.05) is 0 Å². The summed E-state index contributed by atoms with van der Waals surface area (Å²) in [6, 6.07) is 0. The van der Waals surface area contributed by atoms with Gasteiger partial charge in [-0.15, -0.1) is 0 Å². The van der Waals surface area contributed by atoms with E-state index in [9.17, 15) is 4.79 Å². The van der Waals surface area contributed by atoms with Crippen molar-refractivity contribution in [1.29, 1.82) is 0 Å². The number of rotatable bonds is 5. The van der Waals surface area contributed by atoms with Crippen LogP contribution in [0.15, 0.2) is 4.47 Å². The lowest BCUT2D eigenvalue weighted by molar-refractivity contribution is -0.147. The van der Waals surface area contributed by atoms with Crippen LogP contribution in [0.3, 0.4) is 0 Å². The number of hydrogen-bond donors (Lipinski definition) is 1. The Kier molecular flexibility index (Phi) is 4.10. The maximum Gasteiger partial charge on any atom is 0.306 e. The van der Waals surface area contributed by atoms with Crippen molar-refractivity contribution in [2.24, 2.45) is 11.8 Å². The molecule has 2 unspecified atom stereocenters. The van der Waals surface area contributed by atoms with Crippen LogP contribution in [-0.4, -0.2) is 20.9 Å². The predicted octanol–water partition coefficient (Wildman–Crippen LogP) is 2.88. The van der Waals surface area contributed by atoms with Gasteiger partial charge < -0.3 is 5.11 Å². The van der Waals surface area contributed by atoms with Crippen LogP contribution in [0.2, 0.25) is 0 Å². The molecular formula is C13H19BrN2O2. The topological polar surface area (TPSA) is 55.1 Å². The van der Waals surface area contributed by atoms with Gasteiger partial charge in [0.2, 0.25) is 0 Å². The van der Waals surface area contributed by atoms with Gasteiger partial charge in [-0.25, -0.2) is 0 Å². The van der Waals surface area contributed by atoms with E-state index in [2.05, 4.69) is 34.9 Å². The Balaban J connectivity index is 2.18. The number of carboxylic acid groups (broad SMARTS) is 1. The summed E-state index contributed by atoms with van der Waals surface area (Å²) in [5.41, 5.74) is 2.23. The van der Waals surface area contributed by atoms with Crippen LogP contribution < -0.4 is 0 Å². The Bertz CT molecular complexity index is 456. The minimum Gasteiger partial charge on any atom is -0.481 e. The van der Waals surface area contributed by atoms with Crippen molar-refractivity contribution in [3.63, 3.8) is 0 Å². The van der Waals surface area contributed by atoms with Gasteiger partial charge in [0.05, 0.1) is 21.8 Å².